The number of hydrogen-bond donors (Lipinski definition) is 2. The molecule has 1 fully saturated rings. The Labute approximate surface area is 130 Å². The highest BCUT2D eigenvalue weighted by Crippen LogP contribution is 2.36. The van der Waals surface area contributed by atoms with Crippen molar-refractivity contribution in [2.45, 2.75) is 25.3 Å². The summed E-state index contributed by atoms with van der Waals surface area (Å²) in [6.45, 7) is 0.570. The van der Waals surface area contributed by atoms with Crippen molar-refractivity contribution in [3.8, 4) is 11.1 Å². The van der Waals surface area contributed by atoms with E-state index in [0.717, 1.165) is 12.0 Å². The number of fused-ring (bicyclic) bond motifs is 3. The molecule has 0 aliphatic heterocycles. The fraction of sp³-hybridized carbons (Fsp3) is 0.316. The van der Waals surface area contributed by atoms with Crippen molar-refractivity contribution < 1.29 is 4.79 Å². The molecule has 112 valence electrons. The van der Waals surface area contributed by atoms with Crippen LogP contribution < -0.4 is 11.1 Å². The maximum Gasteiger partial charge on any atom is 0.251 e. The van der Waals surface area contributed by atoms with Gasteiger partial charge in [-0.25, -0.2) is 0 Å². The number of nitrogens with one attached hydrogen (secondary N) is 1. The summed E-state index contributed by atoms with van der Waals surface area (Å²) in [5.74, 6) is 0.588. The smallest absolute Gasteiger partial charge is 0.251 e. The van der Waals surface area contributed by atoms with E-state index in [1.165, 1.54) is 35.1 Å². The molecule has 2 aliphatic carbocycles. The summed E-state index contributed by atoms with van der Waals surface area (Å²) in [5, 5.41) is 2.97. The van der Waals surface area contributed by atoms with E-state index in [1.54, 1.807) is 0 Å². The topological polar surface area (TPSA) is 55.1 Å². The summed E-state index contributed by atoms with van der Waals surface area (Å²) in [6, 6.07) is 14.5. The van der Waals surface area contributed by atoms with Crippen LogP contribution in [0.1, 0.15) is 34.3 Å². The van der Waals surface area contributed by atoms with Crippen LogP contribution in [0.2, 0.25) is 0 Å². The molecule has 1 saturated carbocycles. The molecule has 2 aliphatic rings. The van der Waals surface area contributed by atoms with E-state index in [1.807, 2.05) is 12.1 Å². The zero-order valence-corrected chi connectivity index (χ0v) is 12.5. The first kappa shape index (κ1) is 13.5. The predicted octanol–water partition coefficient (Wildman–Crippen LogP) is 2.72. The highest BCUT2D eigenvalue weighted by Gasteiger charge is 2.28. The van der Waals surface area contributed by atoms with Gasteiger partial charge in [-0.3, -0.25) is 4.79 Å². The molecule has 1 amide bonds. The molecule has 0 heterocycles. The van der Waals surface area contributed by atoms with Crippen molar-refractivity contribution in [1.82, 2.24) is 5.32 Å². The van der Waals surface area contributed by atoms with Crippen LogP contribution in [0.15, 0.2) is 42.5 Å². The summed E-state index contributed by atoms with van der Waals surface area (Å²) < 4.78 is 0. The second kappa shape index (κ2) is 5.25. The fourth-order valence-electron chi connectivity index (χ4n) is 3.29. The first-order valence-electron chi connectivity index (χ1n) is 7.97. The van der Waals surface area contributed by atoms with Gasteiger partial charge < -0.3 is 11.1 Å². The molecule has 0 aromatic heterocycles. The fourth-order valence-corrected chi connectivity index (χ4v) is 3.29. The number of nitrogens with two attached hydrogens (primary N) is 1. The molecule has 2 aromatic rings. The van der Waals surface area contributed by atoms with Crippen LogP contribution in [-0.4, -0.2) is 18.5 Å². The van der Waals surface area contributed by atoms with Crippen LogP contribution >= 0.6 is 0 Å². The third-order valence-electron chi connectivity index (χ3n) is 4.78. The van der Waals surface area contributed by atoms with Crippen molar-refractivity contribution in [2.24, 2.45) is 11.7 Å². The van der Waals surface area contributed by atoms with E-state index < -0.39 is 0 Å². The van der Waals surface area contributed by atoms with Crippen LogP contribution in [-0.2, 0) is 6.42 Å². The summed E-state index contributed by atoms with van der Waals surface area (Å²) >= 11 is 0. The summed E-state index contributed by atoms with van der Waals surface area (Å²) in [5.41, 5.74) is 11.9. The molecular weight excluding hydrogens is 272 g/mol. The number of hydrogen-bond acceptors (Lipinski definition) is 2. The zero-order chi connectivity index (χ0) is 15.1. The molecule has 4 rings (SSSR count). The maximum absolute atomic E-state index is 12.3. The molecule has 22 heavy (non-hydrogen) atoms. The lowest BCUT2D eigenvalue weighted by molar-refractivity contribution is 0.0950. The van der Waals surface area contributed by atoms with E-state index in [-0.39, 0.29) is 11.9 Å². The number of benzene rings is 2. The highest BCUT2D eigenvalue weighted by molar-refractivity contribution is 5.95. The number of rotatable bonds is 4. The average Bonchev–Trinajstić information content (AvgIpc) is 3.32. The molecule has 3 N–H and O–H groups in total. The molecule has 0 saturated heterocycles. The van der Waals surface area contributed by atoms with Crippen LogP contribution in [0.25, 0.3) is 11.1 Å². The molecule has 0 bridgehead atoms. The van der Waals surface area contributed by atoms with Crippen LogP contribution in [0, 0.1) is 5.92 Å². The maximum atomic E-state index is 12.3. The van der Waals surface area contributed by atoms with Crippen LogP contribution in [0.3, 0.4) is 0 Å². The van der Waals surface area contributed by atoms with Gasteiger partial charge in [-0.1, -0.05) is 30.3 Å². The lowest BCUT2D eigenvalue weighted by Crippen LogP contribution is -2.38. The van der Waals surface area contributed by atoms with E-state index in [4.69, 9.17) is 5.73 Å². The first-order valence-corrected chi connectivity index (χ1v) is 7.97. The van der Waals surface area contributed by atoms with Crippen molar-refractivity contribution >= 4 is 5.91 Å². The third kappa shape index (κ3) is 2.42. The van der Waals surface area contributed by atoms with Crippen LogP contribution in [0.4, 0.5) is 0 Å². The van der Waals surface area contributed by atoms with Gasteiger partial charge in [0.15, 0.2) is 0 Å². The van der Waals surface area contributed by atoms with Gasteiger partial charge >= 0.3 is 0 Å². The SMILES string of the molecule is NC(CNC(=O)c1ccc2c(c1)Cc1ccccc1-2)C1CC1. The van der Waals surface area contributed by atoms with Gasteiger partial charge in [0, 0.05) is 18.2 Å². The van der Waals surface area contributed by atoms with Crippen molar-refractivity contribution in [1.29, 1.82) is 0 Å². The second-order valence-electron chi connectivity index (χ2n) is 6.42. The zero-order valence-electron chi connectivity index (χ0n) is 12.5. The largest absolute Gasteiger partial charge is 0.350 e. The minimum absolute atomic E-state index is 0.0187. The number of carbonyl (C=O) groups is 1. The quantitative estimate of drug-likeness (QED) is 0.777. The van der Waals surface area contributed by atoms with Crippen LogP contribution in [0.5, 0.6) is 0 Å². The normalized spacial score (nSPS) is 16.8. The van der Waals surface area contributed by atoms with Gasteiger partial charge in [0.2, 0.25) is 0 Å². The van der Waals surface area contributed by atoms with Crippen molar-refractivity contribution in [3.05, 3.63) is 59.2 Å². The summed E-state index contributed by atoms with van der Waals surface area (Å²) in [7, 11) is 0. The lowest BCUT2D eigenvalue weighted by atomic mass is 10.0. The van der Waals surface area contributed by atoms with E-state index in [2.05, 4.69) is 35.6 Å². The van der Waals surface area contributed by atoms with Gasteiger partial charge in [0.05, 0.1) is 0 Å². The molecule has 0 radical (unpaired) electrons. The van der Waals surface area contributed by atoms with Gasteiger partial charge in [0.1, 0.15) is 0 Å². The second-order valence-corrected chi connectivity index (χ2v) is 6.42. The highest BCUT2D eigenvalue weighted by atomic mass is 16.1. The van der Waals surface area contributed by atoms with Crippen molar-refractivity contribution in [2.75, 3.05) is 6.54 Å². The monoisotopic (exact) mass is 292 g/mol. The Kier molecular flexibility index (Phi) is 3.23. The lowest BCUT2D eigenvalue weighted by Gasteiger charge is -2.12. The molecule has 2 aromatic carbocycles. The first-order chi connectivity index (χ1) is 10.7. The molecule has 0 spiro atoms. The summed E-state index contributed by atoms with van der Waals surface area (Å²) in [6.07, 6.45) is 3.32. The van der Waals surface area contributed by atoms with E-state index in [0.29, 0.717) is 12.5 Å². The molecule has 3 heteroatoms. The Morgan fingerprint density at radius 3 is 2.73 bits per heavy atom. The van der Waals surface area contributed by atoms with Gasteiger partial charge in [-0.2, -0.15) is 0 Å². The van der Waals surface area contributed by atoms with E-state index in [9.17, 15) is 4.79 Å². The minimum atomic E-state index is -0.0187. The number of carbonyl (C=O) groups excluding carboxylic acids is 1. The molecule has 1 unspecified atom stereocenters. The van der Waals surface area contributed by atoms with E-state index >= 15 is 0 Å². The Hall–Kier alpha value is -2.13. The Morgan fingerprint density at radius 1 is 1.14 bits per heavy atom. The minimum Gasteiger partial charge on any atom is -0.350 e. The Morgan fingerprint density at radius 2 is 1.91 bits per heavy atom. The molecular formula is C19H20N2O. The van der Waals surface area contributed by atoms with Gasteiger partial charge in [-0.15, -0.1) is 0 Å². The Bertz CT molecular complexity index is 734. The molecule has 1 atom stereocenters. The third-order valence-corrected chi connectivity index (χ3v) is 4.78. The van der Waals surface area contributed by atoms with Crippen molar-refractivity contribution in [3.63, 3.8) is 0 Å². The predicted molar refractivity (Wildman–Crippen MR) is 87.7 cm³/mol. The summed E-state index contributed by atoms with van der Waals surface area (Å²) in [4.78, 5) is 12.3. The average molecular weight is 292 g/mol. The molecule has 3 nitrogen and oxygen atoms in total. The Balaban J connectivity index is 1.50. The van der Waals surface area contributed by atoms with Gasteiger partial charge in [-0.05, 0) is 59.6 Å². The standard InChI is InChI=1S/C19H20N2O/c20-18(12-5-6-12)11-21-19(22)14-7-8-17-15(10-14)9-13-3-1-2-4-16(13)17/h1-4,7-8,10,12,18H,5-6,9,11,20H2,(H,21,22). The number of amides is 1. The van der Waals surface area contributed by atoms with Gasteiger partial charge in [0.25, 0.3) is 5.91 Å².